The molecule has 0 fully saturated rings. The predicted molar refractivity (Wildman–Crippen MR) is 176 cm³/mol. The molecule has 0 bridgehead atoms. The van der Waals surface area contributed by atoms with Crippen LogP contribution < -0.4 is 0 Å². The largest absolute Gasteiger partial charge is 0.134 e. The van der Waals surface area contributed by atoms with E-state index in [9.17, 15) is 0 Å². The molecule has 0 saturated heterocycles. The Bertz CT molecular complexity index is 2150. The highest BCUT2D eigenvalue weighted by atomic mass is 32.1. The molecule has 0 amide bonds. The third-order valence-corrected chi connectivity index (χ3v) is 10.2. The monoisotopic (exact) mass is 544 g/mol. The van der Waals surface area contributed by atoms with Gasteiger partial charge in [0.15, 0.2) is 0 Å². The Labute approximate surface area is 241 Å². The molecule has 2 heteroatoms. The molecule has 0 aliphatic rings. The molecular formula is C38H24S2. The summed E-state index contributed by atoms with van der Waals surface area (Å²) in [4.78, 5) is 2.66. The van der Waals surface area contributed by atoms with Crippen LogP contribution in [0, 0.1) is 0 Å². The zero-order valence-corrected chi connectivity index (χ0v) is 23.3. The second kappa shape index (κ2) is 9.60. The zero-order chi connectivity index (χ0) is 26.5. The SMILES string of the molecule is c1ccc(-c2ccccc2-c2sc(-c3c(-c4ccccc4)ccc4c3sc3ccccc34)c3ccccc23)cc1. The first-order valence-corrected chi connectivity index (χ1v) is 15.2. The molecule has 2 aromatic heterocycles. The van der Waals surface area contributed by atoms with Gasteiger partial charge in [-0.3, -0.25) is 0 Å². The highest BCUT2D eigenvalue weighted by molar-refractivity contribution is 7.27. The average Bonchev–Trinajstić information content (AvgIpc) is 3.60. The van der Waals surface area contributed by atoms with Gasteiger partial charge >= 0.3 is 0 Å². The van der Waals surface area contributed by atoms with E-state index < -0.39 is 0 Å². The standard InChI is InChI=1S/C38H24S2/c1-3-13-25(14-4-1)27-17-7-8-19-30(27)36-31-20-9-10-21-32(31)38(40-36)35-28(26-15-5-2-6-16-26)23-24-33-29-18-11-12-22-34(29)39-37(33)35/h1-24H. The van der Waals surface area contributed by atoms with E-state index >= 15 is 0 Å². The van der Waals surface area contributed by atoms with Crippen LogP contribution in [0.25, 0.3) is 74.1 Å². The van der Waals surface area contributed by atoms with Gasteiger partial charge in [0.05, 0.1) is 0 Å². The van der Waals surface area contributed by atoms with Crippen molar-refractivity contribution in [2.24, 2.45) is 0 Å². The Morgan fingerprint density at radius 1 is 0.325 bits per heavy atom. The van der Waals surface area contributed by atoms with Gasteiger partial charge < -0.3 is 0 Å². The van der Waals surface area contributed by atoms with Crippen LogP contribution in [-0.4, -0.2) is 0 Å². The molecule has 0 N–H and O–H groups in total. The molecule has 2 heterocycles. The summed E-state index contributed by atoms with van der Waals surface area (Å²) in [7, 11) is 0. The Hall–Kier alpha value is -4.50. The minimum Gasteiger partial charge on any atom is -0.134 e. The van der Waals surface area contributed by atoms with Crippen molar-refractivity contribution in [3.63, 3.8) is 0 Å². The van der Waals surface area contributed by atoms with Gasteiger partial charge in [0, 0.05) is 51.8 Å². The van der Waals surface area contributed by atoms with E-state index in [0.717, 1.165) is 0 Å². The molecule has 6 aromatic carbocycles. The van der Waals surface area contributed by atoms with Crippen molar-refractivity contribution in [2.75, 3.05) is 0 Å². The van der Waals surface area contributed by atoms with Crippen LogP contribution in [0.2, 0.25) is 0 Å². The molecule has 0 spiro atoms. The average molecular weight is 545 g/mol. The fourth-order valence-electron chi connectivity index (χ4n) is 5.90. The highest BCUT2D eigenvalue weighted by Crippen LogP contribution is 2.52. The maximum Gasteiger partial charge on any atom is 0.0448 e. The van der Waals surface area contributed by atoms with Gasteiger partial charge in [0.2, 0.25) is 0 Å². The Kier molecular flexibility index (Phi) is 5.62. The van der Waals surface area contributed by atoms with E-state index in [1.165, 1.54) is 74.1 Å². The molecule has 8 aromatic rings. The van der Waals surface area contributed by atoms with Gasteiger partial charge in [0.1, 0.15) is 0 Å². The lowest BCUT2D eigenvalue weighted by Crippen LogP contribution is -1.84. The molecule has 0 nitrogen and oxygen atoms in total. The van der Waals surface area contributed by atoms with Crippen molar-refractivity contribution < 1.29 is 0 Å². The fraction of sp³-hybridized carbons (Fsp3) is 0. The molecule has 0 aliphatic heterocycles. The molecule has 0 unspecified atom stereocenters. The molecule has 0 saturated carbocycles. The quantitative estimate of drug-likeness (QED) is 0.207. The smallest absolute Gasteiger partial charge is 0.0448 e. The van der Waals surface area contributed by atoms with Crippen LogP contribution in [0.5, 0.6) is 0 Å². The second-order valence-electron chi connectivity index (χ2n) is 10.0. The molecule has 0 aliphatic carbocycles. The fourth-order valence-corrected chi connectivity index (χ4v) is 8.60. The van der Waals surface area contributed by atoms with Crippen LogP contribution in [0.1, 0.15) is 0 Å². The normalized spacial score (nSPS) is 11.5. The summed E-state index contributed by atoms with van der Waals surface area (Å²) in [5.74, 6) is 0. The lowest BCUT2D eigenvalue weighted by Gasteiger charge is -2.11. The van der Waals surface area contributed by atoms with E-state index in [0.29, 0.717) is 0 Å². The number of benzene rings is 6. The Balaban J connectivity index is 1.48. The summed E-state index contributed by atoms with van der Waals surface area (Å²) in [5.41, 5.74) is 7.68. The third-order valence-electron chi connectivity index (χ3n) is 7.74. The zero-order valence-electron chi connectivity index (χ0n) is 21.7. The van der Waals surface area contributed by atoms with Crippen LogP contribution in [0.4, 0.5) is 0 Å². The van der Waals surface area contributed by atoms with E-state index in [1.54, 1.807) is 0 Å². The number of hydrogen-bond acceptors (Lipinski definition) is 2. The van der Waals surface area contributed by atoms with Crippen LogP contribution in [0.3, 0.4) is 0 Å². The predicted octanol–water partition coefficient (Wildman–Crippen LogP) is 11.9. The van der Waals surface area contributed by atoms with E-state index in [-0.39, 0.29) is 0 Å². The topological polar surface area (TPSA) is 0 Å². The van der Waals surface area contributed by atoms with Crippen LogP contribution in [0.15, 0.2) is 146 Å². The van der Waals surface area contributed by atoms with E-state index in [1.807, 2.05) is 22.7 Å². The number of thiophene rings is 2. The lowest BCUT2D eigenvalue weighted by atomic mass is 9.94. The number of fused-ring (bicyclic) bond motifs is 4. The van der Waals surface area contributed by atoms with Gasteiger partial charge in [-0.2, -0.15) is 0 Å². The Morgan fingerprint density at radius 2 is 0.875 bits per heavy atom. The maximum absolute atomic E-state index is 2.33. The number of hydrogen-bond donors (Lipinski definition) is 0. The lowest BCUT2D eigenvalue weighted by molar-refractivity contribution is 1.62. The minimum atomic E-state index is 1.24. The van der Waals surface area contributed by atoms with Crippen molar-refractivity contribution >= 4 is 53.6 Å². The molecule has 40 heavy (non-hydrogen) atoms. The van der Waals surface area contributed by atoms with Crippen LogP contribution in [-0.2, 0) is 0 Å². The molecular weight excluding hydrogens is 521 g/mol. The first kappa shape index (κ1) is 23.4. The minimum absolute atomic E-state index is 1.24. The van der Waals surface area contributed by atoms with Crippen molar-refractivity contribution in [1.29, 1.82) is 0 Å². The second-order valence-corrected chi connectivity index (χ2v) is 12.1. The molecule has 8 rings (SSSR count). The van der Waals surface area contributed by atoms with Gasteiger partial charge in [-0.25, -0.2) is 0 Å². The summed E-state index contributed by atoms with van der Waals surface area (Å²) in [6.45, 7) is 0. The van der Waals surface area contributed by atoms with Crippen molar-refractivity contribution in [3.8, 4) is 43.1 Å². The summed E-state index contributed by atoms with van der Waals surface area (Å²) in [5, 5.41) is 5.29. The summed E-state index contributed by atoms with van der Waals surface area (Å²) >= 11 is 3.84. The third kappa shape index (κ3) is 3.72. The molecule has 0 radical (unpaired) electrons. The van der Waals surface area contributed by atoms with Crippen molar-refractivity contribution in [3.05, 3.63) is 146 Å². The van der Waals surface area contributed by atoms with Gasteiger partial charge in [-0.1, -0.05) is 140 Å². The first-order valence-electron chi connectivity index (χ1n) is 13.5. The Morgan fingerprint density at radius 3 is 1.60 bits per heavy atom. The van der Waals surface area contributed by atoms with E-state index in [4.69, 9.17) is 0 Å². The molecule has 188 valence electrons. The van der Waals surface area contributed by atoms with Crippen molar-refractivity contribution in [2.45, 2.75) is 0 Å². The summed E-state index contributed by atoms with van der Waals surface area (Å²) in [6, 6.07) is 52.8. The maximum atomic E-state index is 2.33. The first-order chi connectivity index (χ1) is 19.9. The molecule has 0 atom stereocenters. The summed E-state index contributed by atoms with van der Waals surface area (Å²) in [6.07, 6.45) is 0. The summed E-state index contributed by atoms with van der Waals surface area (Å²) < 4.78 is 2.69. The van der Waals surface area contributed by atoms with Gasteiger partial charge in [0.25, 0.3) is 0 Å². The van der Waals surface area contributed by atoms with Crippen LogP contribution >= 0.6 is 22.7 Å². The highest BCUT2D eigenvalue weighted by Gasteiger charge is 2.22. The van der Waals surface area contributed by atoms with Gasteiger partial charge in [-0.05, 0) is 28.3 Å². The number of rotatable bonds is 4. The van der Waals surface area contributed by atoms with Gasteiger partial charge in [-0.15, -0.1) is 22.7 Å². The van der Waals surface area contributed by atoms with Crippen molar-refractivity contribution in [1.82, 2.24) is 0 Å². The van der Waals surface area contributed by atoms with E-state index in [2.05, 4.69) is 146 Å².